The summed E-state index contributed by atoms with van der Waals surface area (Å²) in [7, 11) is 1.62. The minimum absolute atomic E-state index is 0.257. The molecule has 1 heterocycles. The first-order valence-corrected chi connectivity index (χ1v) is 10.4. The van der Waals surface area contributed by atoms with Gasteiger partial charge in [0.1, 0.15) is 5.75 Å². The van der Waals surface area contributed by atoms with Gasteiger partial charge in [-0.1, -0.05) is 64.9 Å². The average Bonchev–Trinajstić information content (AvgIpc) is 3.16. The van der Waals surface area contributed by atoms with Crippen molar-refractivity contribution in [2.45, 2.75) is 6.54 Å². The maximum Gasteiger partial charge on any atom is 0.261 e. The summed E-state index contributed by atoms with van der Waals surface area (Å²) in [5.41, 5.74) is 2.12. The Labute approximate surface area is 182 Å². The fourth-order valence-corrected chi connectivity index (χ4v) is 4.30. The van der Waals surface area contributed by atoms with E-state index in [1.54, 1.807) is 30.2 Å². The van der Waals surface area contributed by atoms with E-state index < -0.39 is 0 Å². The zero-order valence-corrected chi connectivity index (χ0v) is 17.8. The lowest BCUT2D eigenvalue weighted by Gasteiger charge is -2.21. The minimum Gasteiger partial charge on any atom is -0.497 e. The maximum atomic E-state index is 13.4. The fraction of sp³-hybridized carbons (Fsp3) is 0.0909. The highest BCUT2D eigenvalue weighted by molar-refractivity contribution is 7.22. The van der Waals surface area contributed by atoms with Crippen molar-refractivity contribution < 1.29 is 9.53 Å². The second kappa shape index (κ2) is 8.41. The summed E-state index contributed by atoms with van der Waals surface area (Å²) < 4.78 is 6.23. The van der Waals surface area contributed by atoms with Crippen molar-refractivity contribution in [3.05, 3.63) is 87.9 Å². The van der Waals surface area contributed by atoms with E-state index >= 15 is 0 Å². The van der Waals surface area contributed by atoms with Crippen LogP contribution in [0.2, 0.25) is 10.0 Å². The molecule has 0 bridgehead atoms. The number of aromatic nitrogens is 1. The molecular formula is C22H16Cl2N2O2S. The number of hydrogen-bond donors (Lipinski definition) is 0. The Morgan fingerprint density at radius 2 is 1.86 bits per heavy atom. The molecule has 4 aromatic rings. The van der Waals surface area contributed by atoms with Crippen LogP contribution in [0.4, 0.5) is 5.13 Å². The molecular weight excluding hydrogens is 427 g/mol. The molecule has 0 saturated carbocycles. The number of nitrogens with zero attached hydrogens (tertiary/aromatic N) is 2. The Morgan fingerprint density at radius 3 is 2.62 bits per heavy atom. The number of ether oxygens (including phenoxy) is 1. The number of carbonyl (C=O) groups excluding carboxylic acids is 1. The predicted octanol–water partition coefficient (Wildman–Crippen LogP) is 6.46. The lowest BCUT2D eigenvalue weighted by molar-refractivity contribution is 0.0985. The van der Waals surface area contributed by atoms with Crippen LogP contribution in [-0.4, -0.2) is 18.0 Å². The van der Waals surface area contributed by atoms with Gasteiger partial charge in [-0.15, -0.1) is 0 Å². The molecule has 3 aromatic carbocycles. The standard InChI is InChI=1S/C22H16Cl2N2O2S/c1-28-16-8-10-19-20(12-16)29-22(25-19)26(13-14-5-3-2-4-6-14)21(27)17-11-15(23)7-9-18(17)24/h2-12H,13H2,1H3. The summed E-state index contributed by atoms with van der Waals surface area (Å²) in [5, 5.41) is 1.38. The summed E-state index contributed by atoms with van der Waals surface area (Å²) in [6.07, 6.45) is 0. The van der Waals surface area contributed by atoms with Crippen LogP contribution < -0.4 is 9.64 Å². The van der Waals surface area contributed by atoms with Gasteiger partial charge in [-0.3, -0.25) is 9.69 Å². The Kier molecular flexibility index (Phi) is 5.72. The van der Waals surface area contributed by atoms with E-state index in [0.29, 0.717) is 27.3 Å². The number of halogens is 2. The molecule has 4 rings (SSSR count). The van der Waals surface area contributed by atoms with Gasteiger partial charge < -0.3 is 4.74 Å². The molecule has 0 atom stereocenters. The van der Waals surface area contributed by atoms with Crippen LogP contribution >= 0.6 is 34.5 Å². The number of fused-ring (bicyclic) bond motifs is 1. The minimum atomic E-state index is -0.257. The van der Waals surface area contributed by atoms with Crippen molar-refractivity contribution >= 4 is 55.8 Å². The van der Waals surface area contributed by atoms with Gasteiger partial charge >= 0.3 is 0 Å². The summed E-state index contributed by atoms with van der Waals surface area (Å²) in [6.45, 7) is 0.361. The number of carbonyl (C=O) groups is 1. The Balaban J connectivity index is 1.79. The molecule has 0 saturated heterocycles. The summed E-state index contributed by atoms with van der Waals surface area (Å²) in [4.78, 5) is 19.8. The average molecular weight is 443 g/mol. The van der Waals surface area contributed by atoms with E-state index in [1.165, 1.54) is 11.3 Å². The van der Waals surface area contributed by atoms with Crippen molar-refractivity contribution in [3.8, 4) is 5.75 Å². The molecule has 0 unspecified atom stereocenters. The number of rotatable bonds is 5. The van der Waals surface area contributed by atoms with E-state index in [9.17, 15) is 4.79 Å². The van der Waals surface area contributed by atoms with Crippen molar-refractivity contribution in [1.29, 1.82) is 0 Å². The van der Waals surface area contributed by atoms with Crippen molar-refractivity contribution in [2.24, 2.45) is 0 Å². The van der Waals surface area contributed by atoms with Gasteiger partial charge in [-0.05, 0) is 42.0 Å². The topological polar surface area (TPSA) is 42.4 Å². The van der Waals surface area contributed by atoms with E-state index in [0.717, 1.165) is 21.5 Å². The van der Waals surface area contributed by atoms with Gasteiger partial charge in [0.25, 0.3) is 5.91 Å². The molecule has 0 aliphatic carbocycles. The second-order valence-electron chi connectivity index (χ2n) is 6.33. The first-order valence-electron chi connectivity index (χ1n) is 8.80. The largest absolute Gasteiger partial charge is 0.497 e. The Bertz CT molecular complexity index is 1180. The third-order valence-electron chi connectivity index (χ3n) is 4.40. The lowest BCUT2D eigenvalue weighted by Crippen LogP contribution is -2.30. The van der Waals surface area contributed by atoms with Crippen molar-refractivity contribution in [2.75, 3.05) is 12.0 Å². The van der Waals surface area contributed by atoms with Crippen LogP contribution in [-0.2, 0) is 6.54 Å². The summed E-state index contributed by atoms with van der Waals surface area (Å²) in [6, 6.07) is 20.3. The monoisotopic (exact) mass is 442 g/mol. The Hall–Kier alpha value is -2.60. The van der Waals surface area contributed by atoms with E-state index in [1.807, 2.05) is 48.5 Å². The molecule has 0 radical (unpaired) electrons. The predicted molar refractivity (Wildman–Crippen MR) is 120 cm³/mol. The van der Waals surface area contributed by atoms with Gasteiger partial charge in [-0.2, -0.15) is 0 Å². The van der Waals surface area contributed by atoms with Gasteiger partial charge in [0.05, 0.1) is 34.5 Å². The number of amides is 1. The molecule has 7 heteroatoms. The number of anilines is 1. The third kappa shape index (κ3) is 4.22. The quantitative estimate of drug-likeness (QED) is 0.356. The molecule has 146 valence electrons. The van der Waals surface area contributed by atoms with E-state index in [-0.39, 0.29) is 5.91 Å². The van der Waals surface area contributed by atoms with E-state index in [4.69, 9.17) is 27.9 Å². The Morgan fingerprint density at radius 1 is 1.07 bits per heavy atom. The first-order chi connectivity index (χ1) is 14.0. The van der Waals surface area contributed by atoms with Crippen molar-refractivity contribution in [3.63, 3.8) is 0 Å². The number of benzene rings is 3. The SMILES string of the molecule is COc1ccc2nc(N(Cc3ccccc3)C(=O)c3cc(Cl)ccc3Cl)sc2c1. The van der Waals surface area contributed by atoms with Crippen LogP contribution in [0.1, 0.15) is 15.9 Å². The highest BCUT2D eigenvalue weighted by atomic mass is 35.5. The van der Waals surface area contributed by atoms with Crippen LogP contribution in [0.15, 0.2) is 66.7 Å². The molecule has 0 spiro atoms. The number of hydrogen-bond acceptors (Lipinski definition) is 4. The molecule has 0 fully saturated rings. The molecule has 1 amide bonds. The van der Waals surface area contributed by atoms with E-state index in [2.05, 4.69) is 4.98 Å². The van der Waals surface area contributed by atoms with Crippen LogP contribution in [0.25, 0.3) is 10.2 Å². The molecule has 0 aliphatic rings. The molecule has 0 N–H and O–H groups in total. The summed E-state index contributed by atoms with van der Waals surface area (Å²) in [5.74, 6) is 0.485. The number of thiazole rings is 1. The maximum absolute atomic E-state index is 13.4. The summed E-state index contributed by atoms with van der Waals surface area (Å²) >= 11 is 13.8. The highest BCUT2D eigenvalue weighted by Crippen LogP contribution is 2.34. The molecule has 4 nitrogen and oxygen atoms in total. The van der Waals surface area contributed by atoms with Crippen molar-refractivity contribution in [1.82, 2.24) is 4.98 Å². The normalized spacial score (nSPS) is 10.9. The third-order valence-corrected chi connectivity index (χ3v) is 6.01. The van der Waals surface area contributed by atoms with Crippen LogP contribution in [0.5, 0.6) is 5.75 Å². The molecule has 29 heavy (non-hydrogen) atoms. The second-order valence-corrected chi connectivity index (χ2v) is 8.18. The van der Waals surface area contributed by atoms with Crippen LogP contribution in [0, 0.1) is 0 Å². The van der Waals surface area contributed by atoms with Gasteiger partial charge in [0.2, 0.25) is 0 Å². The molecule has 1 aromatic heterocycles. The smallest absolute Gasteiger partial charge is 0.261 e. The van der Waals surface area contributed by atoms with Gasteiger partial charge in [0.15, 0.2) is 5.13 Å². The zero-order chi connectivity index (χ0) is 20.4. The number of methoxy groups -OCH3 is 1. The zero-order valence-electron chi connectivity index (χ0n) is 15.4. The lowest BCUT2D eigenvalue weighted by atomic mass is 10.1. The van der Waals surface area contributed by atoms with Crippen LogP contribution in [0.3, 0.4) is 0 Å². The first kappa shape index (κ1) is 19.7. The fourth-order valence-electron chi connectivity index (χ4n) is 2.93. The van der Waals surface area contributed by atoms with Gasteiger partial charge in [-0.25, -0.2) is 4.98 Å². The molecule has 0 aliphatic heterocycles. The van der Waals surface area contributed by atoms with Gasteiger partial charge in [0, 0.05) is 5.02 Å². The highest BCUT2D eigenvalue weighted by Gasteiger charge is 2.24.